The normalized spacial score (nSPS) is 10.4. The summed E-state index contributed by atoms with van der Waals surface area (Å²) in [6, 6.07) is 3.56. The van der Waals surface area contributed by atoms with Crippen molar-refractivity contribution in [3.8, 4) is 5.95 Å². The van der Waals surface area contributed by atoms with Gasteiger partial charge in [-0.1, -0.05) is 0 Å². The highest BCUT2D eigenvalue weighted by Crippen LogP contribution is 2.21. The molecule has 0 radical (unpaired) electrons. The Balaban J connectivity index is 1.96. The van der Waals surface area contributed by atoms with Crippen molar-refractivity contribution in [1.29, 1.82) is 0 Å². The number of nitrogens with one attached hydrogen (secondary N) is 1. The molecule has 9 heteroatoms. The molecule has 0 aliphatic rings. The zero-order chi connectivity index (χ0) is 13.8. The number of rotatable bonds is 4. The molecule has 3 aromatic rings. The van der Waals surface area contributed by atoms with Crippen LogP contribution in [0.25, 0.3) is 5.95 Å². The van der Waals surface area contributed by atoms with Gasteiger partial charge in [0, 0.05) is 31.8 Å². The highest BCUT2D eigenvalue weighted by Gasteiger charge is 2.10. The molecule has 0 spiro atoms. The Morgan fingerprint density at radius 2 is 1.85 bits per heavy atom. The second kappa shape index (κ2) is 5.61. The standard InChI is InChI=1S/C11H10N8S/c1-12-8-16-9(19-7-3-6-15-19)18-11(17-8)20-10-13-4-2-5-14-10/h2-7H,1H3,(H,12,16,17,18). The van der Waals surface area contributed by atoms with Gasteiger partial charge in [-0.25, -0.2) is 14.6 Å². The molecule has 3 heterocycles. The minimum Gasteiger partial charge on any atom is -0.357 e. The predicted octanol–water partition coefficient (Wildman–Crippen LogP) is 1.04. The first-order valence-corrected chi connectivity index (χ1v) is 6.55. The molecule has 0 bridgehead atoms. The molecule has 0 aromatic carbocycles. The second-order valence-electron chi connectivity index (χ2n) is 3.58. The average Bonchev–Trinajstić information content (AvgIpc) is 3.02. The van der Waals surface area contributed by atoms with Gasteiger partial charge in [0.15, 0.2) is 5.16 Å². The molecule has 3 aromatic heterocycles. The zero-order valence-corrected chi connectivity index (χ0v) is 11.3. The van der Waals surface area contributed by atoms with Gasteiger partial charge in [-0.2, -0.15) is 20.1 Å². The van der Waals surface area contributed by atoms with Gasteiger partial charge in [-0.15, -0.1) is 0 Å². The van der Waals surface area contributed by atoms with E-state index >= 15 is 0 Å². The molecular weight excluding hydrogens is 276 g/mol. The summed E-state index contributed by atoms with van der Waals surface area (Å²) in [5.74, 6) is 0.900. The number of anilines is 1. The highest BCUT2D eigenvalue weighted by molar-refractivity contribution is 7.99. The maximum atomic E-state index is 4.34. The van der Waals surface area contributed by atoms with Crippen LogP contribution >= 0.6 is 11.8 Å². The third-order valence-corrected chi connectivity index (χ3v) is 3.02. The first kappa shape index (κ1) is 12.5. The molecule has 100 valence electrons. The van der Waals surface area contributed by atoms with Gasteiger partial charge < -0.3 is 5.32 Å². The Labute approximate surface area is 118 Å². The number of nitrogens with zero attached hydrogens (tertiary/aromatic N) is 7. The van der Waals surface area contributed by atoms with Crippen LogP contribution in [-0.4, -0.2) is 41.7 Å². The lowest BCUT2D eigenvalue weighted by Gasteiger charge is -2.05. The molecule has 0 fully saturated rings. The van der Waals surface area contributed by atoms with E-state index in [-0.39, 0.29) is 0 Å². The van der Waals surface area contributed by atoms with E-state index in [9.17, 15) is 0 Å². The molecule has 20 heavy (non-hydrogen) atoms. The van der Waals surface area contributed by atoms with Crippen molar-refractivity contribution in [2.45, 2.75) is 10.3 Å². The molecule has 1 N–H and O–H groups in total. The molecule has 0 amide bonds. The fourth-order valence-corrected chi connectivity index (χ4v) is 2.06. The Morgan fingerprint density at radius 3 is 2.55 bits per heavy atom. The fourth-order valence-electron chi connectivity index (χ4n) is 1.41. The van der Waals surface area contributed by atoms with Gasteiger partial charge in [0.25, 0.3) is 5.95 Å². The van der Waals surface area contributed by atoms with E-state index in [4.69, 9.17) is 0 Å². The van der Waals surface area contributed by atoms with Crippen molar-refractivity contribution in [3.05, 3.63) is 36.9 Å². The second-order valence-corrected chi connectivity index (χ2v) is 4.51. The van der Waals surface area contributed by atoms with E-state index in [1.807, 2.05) is 0 Å². The van der Waals surface area contributed by atoms with Crippen LogP contribution in [0, 0.1) is 0 Å². The van der Waals surface area contributed by atoms with Crippen LogP contribution in [-0.2, 0) is 0 Å². The molecule has 0 aliphatic carbocycles. The topological polar surface area (TPSA) is 94.3 Å². The lowest BCUT2D eigenvalue weighted by atomic mass is 10.7. The summed E-state index contributed by atoms with van der Waals surface area (Å²) in [6.45, 7) is 0. The largest absolute Gasteiger partial charge is 0.357 e. The number of hydrogen-bond acceptors (Lipinski definition) is 8. The van der Waals surface area contributed by atoms with Gasteiger partial charge in [0.2, 0.25) is 11.1 Å². The molecule has 3 rings (SSSR count). The fraction of sp³-hybridized carbons (Fsp3) is 0.0909. The molecular formula is C11H10N8S. The van der Waals surface area contributed by atoms with Crippen molar-refractivity contribution in [3.63, 3.8) is 0 Å². The van der Waals surface area contributed by atoms with Crippen LogP contribution < -0.4 is 5.32 Å². The molecule has 0 saturated carbocycles. The van der Waals surface area contributed by atoms with Crippen molar-refractivity contribution < 1.29 is 0 Å². The van der Waals surface area contributed by atoms with Crippen LogP contribution in [0.3, 0.4) is 0 Å². The summed E-state index contributed by atoms with van der Waals surface area (Å²) in [4.78, 5) is 21.1. The van der Waals surface area contributed by atoms with E-state index in [1.54, 1.807) is 48.6 Å². The minimum atomic E-state index is 0.438. The van der Waals surface area contributed by atoms with Gasteiger partial charge in [0.05, 0.1) is 0 Å². The maximum absolute atomic E-state index is 4.34. The lowest BCUT2D eigenvalue weighted by molar-refractivity contribution is 0.760. The van der Waals surface area contributed by atoms with E-state index in [0.717, 1.165) is 0 Å². The zero-order valence-electron chi connectivity index (χ0n) is 10.5. The van der Waals surface area contributed by atoms with E-state index in [0.29, 0.717) is 22.2 Å². The lowest BCUT2D eigenvalue weighted by Crippen LogP contribution is -2.07. The number of hydrogen-bond donors (Lipinski definition) is 1. The third-order valence-electron chi connectivity index (χ3n) is 2.26. The summed E-state index contributed by atoms with van der Waals surface area (Å²) < 4.78 is 1.57. The van der Waals surface area contributed by atoms with Crippen molar-refractivity contribution in [1.82, 2.24) is 34.7 Å². The van der Waals surface area contributed by atoms with Gasteiger partial charge >= 0.3 is 0 Å². The minimum absolute atomic E-state index is 0.438. The predicted molar refractivity (Wildman–Crippen MR) is 72.7 cm³/mol. The van der Waals surface area contributed by atoms with Crippen LogP contribution in [0.4, 0.5) is 5.95 Å². The van der Waals surface area contributed by atoms with E-state index in [1.165, 1.54) is 11.8 Å². The monoisotopic (exact) mass is 286 g/mol. The Bertz CT molecular complexity index is 685. The van der Waals surface area contributed by atoms with E-state index in [2.05, 4.69) is 35.3 Å². The van der Waals surface area contributed by atoms with Crippen molar-refractivity contribution in [2.24, 2.45) is 0 Å². The smallest absolute Gasteiger partial charge is 0.256 e. The van der Waals surface area contributed by atoms with Gasteiger partial charge in [-0.3, -0.25) is 0 Å². The van der Waals surface area contributed by atoms with Gasteiger partial charge in [0.1, 0.15) is 0 Å². The molecule has 0 aliphatic heterocycles. The molecule has 8 nitrogen and oxygen atoms in total. The Hall–Kier alpha value is -2.55. The molecule has 0 saturated heterocycles. The molecule has 0 atom stereocenters. The van der Waals surface area contributed by atoms with Crippen molar-refractivity contribution >= 4 is 17.7 Å². The quantitative estimate of drug-likeness (QED) is 0.711. The summed E-state index contributed by atoms with van der Waals surface area (Å²) in [7, 11) is 1.75. The SMILES string of the molecule is CNc1nc(Sc2ncccn2)nc(-n2cccn2)n1. The summed E-state index contributed by atoms with van der Waals surface area (Å²) >= 11 is 1.26. The third kappa shape index (κ3) is 2.72. The summed E-state index contributed by atoms with van der Waals surface area (Å²) in [5, 5.41) is 8.08. The Kier molecular flexibility index (Phi) is 3.50. The maximum Gasteiger partial charge on any atom is 0.256 e. The van der Waals surface area contributed by atoms with Crippen LogP contribution in [0.15, 0.2) is 47.2 Å². The average molecular weight is 286 g/mol. The highest BCUT2D eigenvalue weighted by atomic mass is 32.2. The van der Waals surface area contributed by atoms with Gasteiger partial charge in [-0.05, 0) is 23.9 Å². The van der Waals surface area contributed by atoms with E-state index < -0.39 is 0 Å². The van der Waals surface area contributed by atoms with Crippen LogP contribution in [0.2, 0.25) is 0 Å². The molecule has 0 unspecified atom stereocenters. The summed E-state index contributed by atoms with van der Waals surface area (Å²) in [5.41, 5.74) is 0. The van der Waals surface area contributed by atoms with Crippen LogP contribution in [0.5, 0.6) is 0 Å². The number of aromatic nitrogens is 7. The summed E-state index contributed by atoms with van der Waals surface area (Å²) in [6.07, 6.45) is 6.77. The van der Waals surface area contributed by atoms with Crippen molar-refractivity contribution in [2.75, 3.05) is 12.4 Å². The first-order valence-electron chi connectivity index (χ1n) is 5.74. The Morgan fingerprint density at radius 1 is 1.00 bits per heavy atom. The van der Waals surface area contributed by atoms with Crippen LogP contribution in [0.1, 0.15) is 0 Å². The first-order chi connectivity index (χ1) is 9.85.